The van der Waals surface area contributed by atoms with E-state index in [-0.39, 0.29) is 19.0 Å². The van der Waals surface area contributed by atoms with Crippen LogP contribution >= 0.6 is 34.8 Å². The fraction of sp³-hybridized carbons (Fsp3) is 0.133. The standard InChI is InChI=1S/C15H11Cl3O2/c16-12-4-2-1-3-11(12)8-20-9-15(19)10-5-6-13(17)14(18)7-10/h1-7H,8-9H2. The predicted octanol–water partition coefficient (Wildman–Crippen LogP) is 5.05. The van der Waals surface area contributed by atoms with Gasteiger partial charge < -0.3 is 4.74 Å². The van der Waals surface area contributed by atoms with Crippen molar-refractivity contribution >= 4 is 40.6 Å². The smallest absolute Gasteiger partial charge is 0.188 e. The second-order valence-electron chi connectivity index (χ2n) is 4.14. The number of ether oxygens (including phenoxy) is 1. The number of halogens is 3. The molecule has 0 spiro atoms. The van der Waals surface area contributed by atoms with E-state index in [0.29, 0.717) is 20.6 Å². The molecule has 0 unspecified atom stereocenters. The highest BCUT2D eigenvalue weighted by Crippen LogP contribution is 2.23. The lowest BCUT2D eigenvalue weighted by atomic mass is 10.1. The highest BCUT2D eigenvalue weighted by Gasteiger charge is 2.09. The molecule has 0 saturated heterocycles. The zero-order chi connectivity index (χ0) is 14.5. The van der Waals surface area contributed by atoms with Crippen LogP contribution in [-0.4, -0.2) is 12.4 Å². The number of Topliss-reactive ketones (excluding diaryl/α,β-unsaturated/α-hetero) is 1. The van der Waals surface area contributed by atoms with Crippen LogP contribution in [0.3, 0.4) is 0 Å². The molecule has 5 heteroatoms. The molecule has 0 bridgehead atoms. The van der Waals surface area contributed by atoms with E-state index in [4.69, 9.17) is 39.5 Å². The van der Waals surface area contributed by atoms with Crippen LogP contribution in [-0.2, 0) is 11.3 Å². The number of hydrogen-bond acceptors (Lipinski definition) is 2. The number of ketones is 1. The van der Waals surface area contributed by atoms with Gasteiger partial charge in [-0.25, -0.2) is 0 Å². The largest absolute Gasteiger partial charge is 0.369 e. The van der Waals surface area contributed by atoms with Crippen LogP contribution in [0, 0.1) is 0 Å². The van der Waals surface area contributed by atoms with Crippen LogP contribution in [0.15, 0.2) is 42.5 Å². The van der Waals surface area contributed by atoms with Crippen LogP contribution in [0.25, 0.3) is 0 Å². The number of hydrogen-bond donors (Lipinski definition) is 0. The summed E-state index contributed by atoms with van der Waals surface area (Å²) in [7, 11) is 0. The van der Waals surface area contributed by atoms with Gasteiger partial charge in [0.05, 0.1) is 16.7 Å². The summed E-state index contributed by atoms with van der Waals surface area (Å²) in [5.41, 5.74) is 1.31. The molecule has 0 aromatic heterocycles. The van der Waals surface area contributed by atoms with E-state index in [2.05, 4.69) is 0 Å². The van der Waals surface area contributed by atoms with E-state index in [1.807, 2.05) is 18.2 Å². The maximum absolute atomic E-state index is 11.9. The Morgan fingerprint density at radius 1 is 0.950 bits per heavy atom. The third-order valence-corrected chi connectivity index (χ3v) is 3.80. The summed E-state index contributed by atoms with van der Waals surface area (Å²) in [6.07, 6.45) is 0. The quantitative estimate of drug-likeness (QED) is 0.718. The van der Waals surface area contributed by atoms with Crippen LogP contribution in [0.1, 0.15) is 15.9 Å². The number of carbonyl (C=O) groups excluding carboxylic acids is 1. The van der Waals surface area contributed by atoms with Crippen molar-refractivity contribution in [1.29, 1.82) is 0 Å². The van der Waals surface area contributed by atoms with Crippen molar-refractivity contribution in [1.82, 2.24) is 0 Å². The molecule has 20 heavy (non-hydrogen) atoms. The second-order valence-corrected chi connectivity index (χ2v) is 5.36. The third kappa shape index (κ3) is 3.97. The molecule has 0 atom stereocenters. The van der Waals surface area contributed by atoms with Crippen molar-refractivity contribution < 1.29 is 9.53 Å². The molecule has 0 saturated carbocycles. The Hall–Kier alpha value is -1.06. The summed E-state index contributed by atoms with van der Waals surface area (Å²) in [6, 6.07) is 12.1. The highest BCUT2D eigenvalue weighted by molar-refractivity contribution is 6.42. The van der Waals surface area contributed by atoms with Crippen LogP contribution in [0.5, 0.6) is 0 Å². The fourth-order valence-corrected chi connectivity index (χ4v) is 2.11. The van der Waals surface area contributed by atoms with E-state index in [9.17, 15) is 4.79 Å². The molecule has 0 fully saturated rings. The second kappa shape index (κ2) is 7.09. The van der Waals surface area contributed by atoms with Gasteiger partial charge in [-0.05, 0) is 29.8 Å². The molecule has 0 heterocycles. The van der Waals surface area contributed by atoms with Gasteiger partial charge in [0.2, 0.25) is 0 Å². The van der Waals surface area contributed by atoms with Gasteiger partial charge in [0, 0.05) is 10.6 Å². The van der Waals surface area contributed by atoms with E-state index in [1.54, 1.807) is 18.2 Å². The van der Waals surface area contributed by atoms with Crippen molar-refractivity contribution in [3.8, 4) is 0 Å². The molecule has 0 aliphatic carbocycles. The Morgan fingerprint density at radius 3 is 2.40 bits per heavy atom. The maximum Gasteiger partial charge on any atom is 0.188 e. The molecule has 0 amide bonds. The molecule has 0 radical (unpaired) electrons. The molecule has 2 nitrogen and oxygen atoms in total. The molecule has 0 aliphatic heterocycles. The van der Waals surface area contributed by atoms with Gasteiger partial charge in [0.15, 0.2) is 5.78 Å². The average Bonchev–Trinajstić information content (AvgIpc) is 2.44. The van der Waals surface area contributed by atoms with E-state index in [0.717, 1.165) is 5.56 Å². The first kappa shape index (κ1) is 15.3. The normalized spacial score (nSPS) is 10.6. The van der Waals surface area contributed by atoms with E-state index >= 15 is 0 Å². The number of carbonyl (C=O) groups is 1. The zero-order valence-corrected chi connectivity index (χ0v) is 12.7. The minimum Gasteiger partial charge on any atom is -0.369 e. The van der Waals surface area contributed by atoms with E-state index < -0.39 is 0 Å². The molecule has 104 valence electrons. The summed E-state index contributed by atoms with van der Waals surface area (Å²) in [4.78, 5) is 11.9. The predicted molar refractivity (Wildman–Crippen MR) is 81.9 cm³/mol. The molecular formula is C15H11Cl3O2. The summed E-state index contributed by atoms with van der Waals surface area (Å²) >= 11 is 17.7. The van der Waals surface area contributed by atoms with E-state index in [1.165, 1.54) is 6.07 Å². The molecule has 0 N–H and O–H groups in total. The Balaban J connectivity index is 1.92. The number of benzene rings is 2. The van der Waals surface area contributed by atoms with Crippen molar-refractivity contribution in [2.24, 2.45) is 0 Å². The van der Waals surface area contributed by atoms with Crippen molar-refractivity contribution in [2.75, 3.05) is 6.61 Å². The van der Waals surface area contributed by atoms with Crippen LogP contribution < -0.4 is 0 Å². The Kier molecular flexibility index (Phi) is 5.44. The molecule has 2 rings (SSSR count). The average molecular weight is 330 g/mol. The molecule has 2 aromatic carbocycles. The molecule has 0 aliphatic rings. The lowest BCUT2D eigenvalue weighted by molar-refractivity contribution is 0.0726. The van der Waals surface area contributed by atoms with Crippen LogP contribution in [0.2, 0.25) is 15.1 Å². The van der Waals surface area contributed by atoms with Gasteiger partial charge in [-0.3, -0.25) is 4.79 Å². The van der Waals surface area contributed by atoms with Gasteiger partial charge >= 0.3 is 0 Å². The summed E-state index contributed by atoms with van der Waals surface area (Å²) < 4.78 is 5.38. The fourth-order valence-electron chi connectivity index (χ4n) is 1.62. The molecule has 2 aromatic rings. The Bertz CT molecular complexity index is 626. The van der Waals surface area contributed by atoms with Crippen LogP contribution in [0.4, 0.5) is 0 Å². The minimum atomic E-state index is -0.157. The topological polar surface area (TPSA) is 26.3 Å². The van der Waals surface area contributed by atoms with Crippen molar-refractivity contribution in [3.05, 3.63) is 68.7 Å². The maximum atomic E-state index is 11.9. The Morgan fingerprint density at radius 2 is 1.70 bits per heavy atom. The van der Waals surface area contributed by atoms with Gasteiger partial charge in [0.1, 0.15) is 6.61 Å². The van der Waals surface area contributed by atoms with Gasteiger partial charge in [-0.2, -0.15) is 0 Å². The lowest BCUT2D eigenvalue weighted by Gasteiger charge is -2.06. The summed E-state index contributed by atoms with van der Waals surface area (Å²) in [5.74, 6) is -0.157. The van der Waals surface area contributed by atoms with Gasteiger partial charge in [0.25, 0.3) is 0 Å². The number of rotatable bonds is 5. The van der Waals surface area contributed by atoms with Crippen molar-refractivity contribution in [2.45, 2.75) is 6.61 Å². The first-order valence-electron chi connectivity index (χ1n) is 5.87. The highest BCUT2D eigenvalue weighted by atomic mass is 35.5. The third-order valence-electron chi connectivity index (χ3n) is 2.69. The Labute approximate surface area is 132 Å². The SMILES string of the molecule is O=C(COCc1ccccc1Cl)c1ccc(Cl)c(Cl)c1. The first-order valence-corrected chi connectivity index (χ1v) is 7.00. The zero-order valence-electron chi connectivity index (χ0n) is 10.4. The summed E-state index contributed by atoms with van der Waals surface area (Å²) in [6.45, 7) is 0.246. The van der Waals surface area contributed by atoms with Crippen molar-refractivity contribution in [3.63, 3.8) is 0 Å². The van der Waals surface area contributed by atoms with Gasteiger partial charge in [-0.1, -0.05) is 53.0 Å². The minimum absolute atomic E-state index is 0.0385. The lowest BCUT2D eigenvalue weighted by Crippen LogP contribution is -2.09. The van der Waals surface area contributed by atoms with Gasteiger partial charge in [-0.15, -0.1) is 0 Å². The summed E-state index contributed by atoms with van der Waals surface area (Å²) in [5, 5.41) is 1.39. The first-order chi connectivity index (χ1) is 9.58. The monoisotopic (exact) mass is 328 g/mol. The molecular weight excluding hydrogens is 319 g/mol.